The topological polar surface area (TPSA) is 245 Å². The van der Waals surface area contributed by atoms with Gasteiger partial charge in [-0.25, -0.2) is 29.3 Å². The number of nitrogens with one attached hydrogen (secondary N) is 2. The van der Waals surface area contributed by atoms with E-state index in [2.05, 4.69) is 41.0 Å². The van der Waals surface area contributed by atoms with Crippen molar-refractivity contribution in [1.29, 1.82) is 5.26 Å². The number of carboxylic acids is 3. The fourth-order valence-corrected chi connectivity index (χ4v) is 6.04. The number of aromatic nitrogens is 7. The molecule has 0 spiro atoms. The number of carboxylic acid groups (broad SMARTS) is 3. The molecule has 4 aromatic rings. The fourth-order valence-electron chi connectivity index (χ4n) is 6.04. The van der Waals surface area contributed by atoms with E-state index in [-0.39, 0.29) is 24.0 Å². The van der Waals surface area contributed by atoms with Gasteiger partial charge in [0, 0.05) is 55.1 Å². The van der Waals surface area contributed by atoms with E-state index in [4.69, 9.17) is 34.4 Å². The molecule has 0 bridgehead atoms. The summed E-state index contributed by atoms with van der Waals surface area (Å²) in [5.41, 5.74) is 1.51. The number of fused-ring (bicyclic) bond motifs is 1. The summed E-state index contributed by atoms with van der Waals surface area (Å²) >= 11 is 0. The lowest BCUT2D eigenvalue weighted by Crippen LogP contribution is -2.65. The van der Waals surface area contributed by atoms with E-state index < -0.39 is 79.3 Å². The van der Waals surface area contributed by atoms with Gasteiger partial charge in [-0.2, -0.15) is 81.2 Å². The minimum Gasteiger partial charge on any atom is -0.475 e. The fraction of sp³-hybridized carbons (Fsp3) is 0.500. The first-order chi connectivity index (χ1) is 30.3. The molecule has 4 aromatic heterocycles. The highest BCUT2D eigenvalue weighted by Crippen LogP contribution is 2.39. The summed E-state index contributed by atoms with van der Waals surface area (Å²) in [6.45, 7) is -0.682. The van der Waals surface area contributed by atoms with E-state index in [1.54, 1.807) is 12.4 Å². The average molecular weight is 977 g/mol. The number of rotatable bonds is 9. The van der Waals surface area contributed by atoms with Crippen molar-refractivity contribution >= 4 is 28.9 Å². The number of aromatic amines is 1. The number of aliphatic carboxylic acids is 3. The zero-order valence-corrected chi connectivity index (χ0v) is 32.7. The summed E-state index contributed by atoms with van der Waals surface area (Å²) in [5, 5.41) is 38.5. The number of H-pyrrole nitrogens is 1. The number of nitrogens with zero attached hydrogens (tertiary/aromatic N) is 8. The van der Waals surface area contributed by atoms with Crippen LogP contribution in [0, 0.1) is 11.3 Å². The van der Waals surface area contributed by atoms with Gasteiger partial charge in [0.25, 0.3) is 0 Å². The Balaban J connectivity index is 0.000000457. The number of alkyl halides is 15. The van der Waals surface area contributed by atoms with Gasteiger partial charge in [0.15, 0.2) is 0 Å². The van der Waals surface area contributed by atoms with Crippen LogP contribution in [0.3, 0.4) is 0 Å². The Morgan fingerprint density at radius 2 is 1.39 bits per heavy atom. The standard InChI is InChI=1S/C28H28F6N10O.3C2HF3O2/c29-27(30,31)13-36-11-18-9-22(42-25(41-18)28(32,33)34)45-20-3-1-19(2-4-20)43-14-26(15-43,6-7-35)44-12-17(10-40-44)23-21-5-8-37-24(21)39-16-38-23;3*3-2(4,5)1(6)7/h5,8-10,12,16,19-20,36H,1-4,6,11,13-15H2,(H,37,38,39);3*(H,6,7)/t19-,20+;;;. The third kappa shape index (κ3) is 15.9. The Morgan fingerprint density at radius 3 is 1.88 bits per heavy atom. The van der Waals surface area contributed by atoms with Crippen LogP contribution < -0.4 is 10.1 Å². The first kappa shape index (κ1) is 53.8. The van der Waals surface area contributed by atoms with Crippen molar-refractivity contribution in [3.05, 3.63) is 48.6 Å². The third-order valence-electron chi connectivity index (χ3n) is 8.91. The van der Waals surface area contributed by atoms with Crippen LogP contribution in [-0.4, -0.2) is 129 Å². The van der Waals surface area contributed by atoms with Crippen molar-refractivity contribution < 1.29 is 100 Å². The molecule has 0 unspecified atom stereocenters. The van der Waals surface area contributed by atoms with Gasteiger partial charge in [-0.3, -0.25) is 9.58 Å². The lowest BCUT2D eigenvalue weighted by molar-refractivity contribution is -0.193. The van der Waals surface area contributed by atoms with Crippen LogP contribution in [0.25, 0.3) is 22.3 Å². The molecule has 32 heteroatoms. The largest absolute Gasteiger partial charge is 0.490 e. The highest BCUT2D eigenvalue weighted by molar-refractivity contribution is 5.90. The Morgan fingerprint density at radius 1 is 0.848 bits per heavy atom. The molecule has 5 heterocycles. The van der Waals surface area contributed by atoms with Gasteiger partial charge < -0.3 is 30.4 Å². The molecule has 0 aromatic carbocycles. The van der Waals surface area contributed by atoms with Crippen LogP contribution >= 0.6 is 0 Å². The summed E-state index contributed by atoms with van der Waals surface area (Å²) in [6.07, 6.45) is -15.4. The van der Waals surface area contributed by atoms with E-state index in [9.17, 15) is 71.1 Å². The molecule has 0 radical (unpaired) electrons. The maximum atomic E-state index is 13.4. The van der Waals surface area contributed by atoms with E-state index >= 15 is 0 Å². The van der Waals surface area contributed by atoms with Gasteiger partial charge in [-0.15, -0.1) is 0 Å². The molecule has 364 valence electrons. The lowest BCUT2D eigenvalue weighted by Gasteiger charge is -2.53. The number of hydrogen-bond acceptors (Lipinski definition) is 12. The van der Waals surface area contributed by atoms with E-state index in [1.165, 1.54) is 6.33 Å². The smallest absolute Gasteiger partial charge is 0.475 e. The van der Waals surface area contributed by atoms with Crippen LogP contribution in [0.4, 0.5) is 65.9 Å². The molecular weight excluding hydrogens is 945 g/mol. The Kier molecular flexibility index (Phi) is 17.3. The van der Waals surface area contributed by atoms with Crippen molar-refractivity contribution in [2.45, 2.75) is 87.2 Å². The highest BCUT2D eigenvalue weighted by Gasteiger charge is 2.48. The minimum atomic E-state index is -5.08. The summed E-state index contributed by atoms with van der Waals surface area (Å²) in [4.78, 5) is 47.5. The molecule has 1 saturated carbocycles. The van der Waals surface area contributed by atoms with Crippen molar-refractivity contribution in [1.82, 2.24) is 44.9 Å². The zero-order chi connectivity index (χ0) is 50.1. The lowest BCUT2D eigenvalue weighted by atomic mass is 9.82. The number of ether oxygens (including phenoxy) is 1. The molecular formula is C34H31F15N10O7. The van der Waals surface area contributed by atoms with Crippen molar-refractivity contribution in [2.75, 3.05) is 19.6 Å². The van der Waals surface area contributed by atoms with Gasteiger partial charge in [-0.1, -0.05) is 0 Å². The quantitative estimate of drug-likeness (QED) is 0.112. The maximum absolute atomic E-state index is 13.4. The van der Waals surface area contributed by atoms with Crippen LogP contribution in [0.15, 0.2) is 37.1 Å². The normalized spacial score (nSPS) is 17.6. The second kappa shape index (κ2) is 21.2. The van der Waals surface area contributed by atoms with Crippen LogP contribution in [0.2, 0.25) is 0 Å². The molecule has 0 atom stereocenters. The van der Waals surface area contributed by atoms with E-state index in [0.717, 1.165) is 22.7 Å². The zero-order valence-electron chi connectivity index (χ0n) is 32.7. The number of likely N-dealkylation sites (tertiary alicyclic amines) is 1. The van der Waals surface area contributed by atoms with E-state index in [1.807, 2.05) is 22.3 Å². The highest BCUT2D eigenvalue weighted by atomic mass is 19.4. The second-order valence-corrected chi connectivity index (χ2v) is 13.8. The molecule has 1 aliphatic heterocycles. The molecule has 0 amide bonds. The Hall–Kier alpha value is -6.52. The predicted octanol–water partition coefficient (Wildman–Crippen LogP) is 6.50. The van der Waals surface area contributed by atoms with Crippen molar-refractivity contribution in [3.8, 4) is 23.2 Å². The van der Waals surface area contributed by atoms with Gasteiger partial charge in [-0.05, 0) is 31.7 Å². The summed E-state index contributed by atoms with van der Waals surface area (Å²) in [5.74, 6) is -10.1. The molecule has 1 saturated heterocycles. The number of hydrogen-bond donors (Lipinski definition) is 5. The van der Waals surface area contributed by atoms with Gasteiger partial charge in [0.1, 0.15) is 23.6 Å². The number of halogens is 15. The van der Waals surface area contributed by atoms with Crippen LogP contribution in [0.5, 0.6) is 5.88 Å². The van der Waals surface area contributed by atoms with Crippen LogP contribution in [0.1, 0.15) is 43.6 Å². The molecule has 66 heavy (non-hydrogen) atoms. The van der Waals surface area contributed by atoms with Gasteiger partial charge in [0.05, 0.1) is 36.6 Å². The SMILES string of the molecule is N#CCC1(n2cc(-c3ncnc4[nH]ccc34)cn2)CN([C@H]2CC[C@@H](Oc3cc(CNCC(F)(F)F)nc(C(F)(F)F)n3)CC2)C1.O=C(O)C(F)(F)F.O=C(O)C(F)(F)F.O=C(O)C(F)(F)F. The minimum absolute atomic E-state index is 0.186. The molecule has 1 aliphatic carbocycles. The predicted molar refractivity (Wildman–Crippen MR) is 187 cm³/mol. The second-order valence-electron chi connectivity index (χ2n) is 13.8. The maximum Gasteiger partial charge on any atom is 0.490 e. The monoisotopic (exact) mass is 976 g/mol. The van der Waals surface area contributed by atoms with Gasteiger partial charge >= 0.3 is 48.8 Å². The van der Waals surface area contributed by atoms with Crippen molar-refractivity contribution in [3.63, 3.8) is 0 Å². The number of nitriles is 1. The molecule has 2 aliphatic rings. The summed E-state index contributed by atoms with van der Waals surface area (Å²) in [7, 11) is 0. The van der Waals surface area contributed by atoms with Crippen LogP contribution in [-0.2, 0) is 32.6 Å². The van der Waals surface area contributed by atoms with Crippen molar-refractivity contribution in [2.24, 2.45) is 0 Å². The summed E-state index contributed by atoms with van der Waals surface area (Å²) in [6, 6.07) is 5.51. The molecule has 17 nitrogen and oxygen atoms in total. The Bertz CT molecular complexity index is 2250. The third-order valence-corrected chi connectivity index (χ3v) is 8.91. The first-order valence-corrected chi connectivity index (χ1v) is 18.0. The molecule has 6 rings (SSSR count). The van der Waals surface area contributed by atoms with E-state index in [0.29, 0.717) is 44.4 Å². The number of carbonyl (C=O) groups is 3. The molecule has 2 fully saturated rings. The first-order valence-electron chi connectivity index (χ1n) is 18.0. The average Bonchev–Trinajstić information content (AvgIpc) is 3.86. The molecule has 5 N–H and O–H groups in total. The summed E-state index contributed by atoms with van der Waals surface area (Å²) < 4.78 is 180. The van der Waals surface area contributed by atoms with Gasteiger partial charge in [0.2, 0.25) is 11.7 Å². The Labute approximate surface area is 358 Å².